The molecule has 0 radical (unpaired) electrons. The smallest absolute Gasteiger partial charge is 0.251 e. The molecule has 1 aromatic heterocycles. The van der Waals surface area contributed by atoms with Gasteiger partial charge in [0.2, 0.25) is 0 Å². The SMILES string of the molecule is CCC(NC(=O)c1cc(Cl)c2nc(-c3c(F)cccc3Cl)[nH]c2c1)c1ccccc1. The van der Waals surface area contributed by atoms with Crippen molar-refractivity contribution in [2.24, 2.45) is 0 Å². The number of aromatic nitrogens is 2. The summed E-state index contributed by atoms with van der Waals surface area (Å²) in [4.78, 5) is 20.3. The summed E-state index contributed by atoms with van der Waals surface area (Å²) >= 11 is 12.5. The zero-order valence-electron chi connectivity index (χ0n) is 16.0. The molecular formula is C23H18Cl2FN3O. The molecule has 1 amide bonds. The third-order valence-electron chi connectivity index (χ3n) is 4.92. The van der Waals surface area contributed by atoms with E-state index in [0.717, 1.165) is 12.0 Å². The quantitative estimate of drug-likeness (QED) is 0.368. The molecule has 0 spiro atoms. The van der Waals surface area contributed by atoms with Crippen molar-refractivity contribution < 1.29 is 9.18 Å². The highest BCUT2D eigenvalue weighted by atomic mass is 35.5. The van der Waals surface area contributed by atoms with Crippen molar-refractivity contribution in [3.8, 4) is 11.4 Å². The standard InChI is InChI=1S/C23H18Cl2FN3O/c1-2-18(13-7-4-3-5-8-13)28-23(30)14-11-16(25)21-19(12-14)27-22(29-21)20-15(24)9-6-10-17(20)26/h3-12,18H,2H2,1H3,(H,27,29)(H,28,30). The molecule has 2 N–H and O–H groups in total. The average Bonchev–Trinajstić information content (AvgIpc) is 3.16. The van der Waals surface area contributed by atoms with Crippen molar-refractivity contribution >= 4 is 40.1 Å². The van der Waals surface area contributed by atoms with Crippen LogP contribution in [0.5, 0.6) is 0 Å². The third kappa shape index (κ3) is 3.91. The lowest BCUT2D eigenvalue weighted by Crippen LogP contribution is -2.28. The molecular weight excluding hydrogens is 424 g/mol. The maximum atomic E-state index is 14.3. The van der Waals surface area contributed by atoms with Gasteiger partial charge in [0, 0.05) is 5.56 Å². The third-order valence-corrected chi connectivity index (χ3v) is 5.52. The number of halogens is 3. The number of hydrogen-bond donors (Lipinski definition) is 2. The number of nitrogens with one attached hydrogen (secondary N) is 2. The normalized spacial score (nSPS) is 12.1. The number of rotatable bonds is 5. The van der Waals surface area contributed by atoms with Gasteiger partial charge in [-0.3, -0.25) is 4.79 Å². The van der Waals surface area contributed by atoms with Crippen LogP contribution < -0.4 is 5.32 Å². The number of aromatic amines is 1. The van der Waals surface area contributed by atoms with Gasteiger partial charge in [-0.2, -0.15) is 0 Å². The Morgan fingerprint density at radius 2 is 1.87 bits per heavy atom. The van der Waals surface area contributed by atoms with Crippen LogP contribution in [0.2, 0.25) is 10.0 Å². The molecule has 0 bridgehead atoms. The van der Waals surface area contributed by atoms with Crippen molar-refractivity contribution in [3.05, 3.63) is 87.7 Å². The second-order valence-electron chi connectivity index (χ2n) is 6.88. The lowest BCUT2D eigenvalue weighted by molar-refractivity contribution is 0.0935. The van der Waals surface area contributed by atoms with E-state index >= 15 is 0 Å². The highest BCUT2D eigenvalue weighted by Crippen LogP contribution is 2.32. The van der Waals surface area contributed by atoms with Gasteiger partial charge in [0.25, 0.3) is 5.91 Å². The molecule has 4 aromatic rings. The number of carbonyl (C=O) groups excluding carboxylic acids is 1. The molecule has 7 heteroatoms. The molecule has 0 saturated heterocycles. The van der Waals surface area contributed by atoms with E-state index in [1.165, 1.54) is 12.1 Å². The highest BCUT2D eigenvalue weighted by Gasteiger charge is 2.19. The van der Waals surface area contributed by atoms with Gasteiger partial charge in [0.15, 0.2) is 0 Å². The number of hydrogen-bond acceptors (Lipinski definition) is 2. The molecule has 1 atom stereocenters. The van der Waals surface area contributed by atoms with Crippen LogP contribution in [0.15, 0.2) is 60.7 Å². The van der Waals surface area contributed by atoms with E-state index in [4.69, 9.17) is 23.2 Å². The molecule has 1 heterocycles. The number of fused-ring (bicyclic) bond motifs is 1. The fraction of sp³-hybridized carbons (Fsp3) is 0.130. The summed E-state index contributed by atoms with van der Waals surface area (Å²) in [5, 5.41) is 3.56. The van der Waals surface area contributed by atoms with Gasteiger partial charge < -0.3 is 10.3 Å². The molecule has 1 unspecified atom stereocenters. The summed E-state index contributed by atoms with van der Waals surface area (Å²) in [6.45, 7) is 2.01. The first kappa shape index (κ1) is 20.4. The number of nitrogens with zero attached hydrogens (tertiary/aromatic N) is 1. The van der Waals surface area contributed by atoms with Crippen molar-refractivity contribution in [2.75, 3.05) is 0 Å². The molecule has 0 aliphatic heterocycles. The Bertz CT molecular complexity index is 1200. The predicted molar refractivity (Wildman–Crippen MR) is 118 cm³/mol. The van der Waals surface area contributed by atoms with E-state index in [1.807, 2.05) is 37.3 Å². The monoisotopic (exact) mass is 441 g/mol. The average molecular weight is 442 g/mol. The van der Waals surface area contributed by atoms with Crippen LogP contribution in [0.3, 0.4) is 0 Å². The van der Waals surface area contributed by atoms with Gasteiger partial charge in [0.1, 0.15) is 17.2 Å². The minimum absolute atomic E-state index is 0.122. The van der Waals surface area contributed by atoms with E-state index in [-0.39, 0.29) is 28.4 Å². The number of carbonyl (C=O) groups is 1. The Kier molecular flexibility index (Phi) is 5.75. The molecule has 30 heavy (non-hydrogen) atoms. The number of H-pyrrole nitrogens is 1. The van der Waals surface area contributed by atoms with Crippen LogP contribution in [0.1, 0.15) is 35.3 Å². The Balaban J connectivity index is 1.68. The molecule has 152 valence electrons. The Labute approximate surface area is 183 Å². The first-order valence-electron chi connectivity index (χ1n) is 9.47. The van der Waals surface area contributed by atoms with Crippen LogP contribution in [0, 0.1) is 5.82 Å². The maximum Gasteiger partial charge on any atom is 0.251 e. The van der Waals surface area contributed by atoms with Crippen molar-refractivity contribution in [1.29, 1.82) is 0 Å². The van der Waals surface area contributed by atoms with Crippen LogP contribution in [-0.2, 0) is 0 Å². The van der Waals surface area contributed by atoms with Gasteiger partial charge in [-0.05, 0) is 36.2 Å². The van der Waals surface area contributed by atoms with E-state index in [9.17, 15) is 9.18 Å². The van der Waals surface area contributed by atoms with E-state index in [2.05, 4.69) is 15.3 Å². The lowest BCUT2D eigenvalue weighted by Gasteiger charge is -2.17. The van der Waals surface area contributed by atoms with Gasteiger partial charge in [-0.15, -0.1) is 0 Å². The van der Waals surface area contributed by atoms with Gasteiger partial charge >= 0.3 is 0 Å². The molecule has 0 aliphatic carbocycles. The summed E-state index contributed by atoms with van der Waals surface area (Å²) < 4.78 is 14.3. The van der Waals surface area contributed by atoms with Crippen molar-refractivity contribution in [3.63, 3.8) is 0 Å². The minimum atomic E-state index is -0.496. The van der Waals surface area contributed by atoms with Crippen LogP contribution in [-0.4, -0.2) is 15.9 Å². The minimum Gasteiger partial charge on any atom is -0.345 e. The topological polar surface area (TPSA) is 57.8 Å². The van der Waals surface area contributed by atoms with Crippen LogP contribution in [0.4, 0.5) is 4.39 Å². The first-order valence-corrected chi connectivity index (χ1v) is 10.2. The summed E-state index contributed by atoms with van der Waals surface area (Å²) in [6.07, 6.45) is 0.742. The van der Waals surface area contributed by atoms with Crippen molar-refractivity contribution in [2.45, 2.75) is 19.4 Å². The summed E-state index contributed by atoms with van der Waals surface area (Å²) in [6, 6.07) is 17.3. The Hall–Kier alpha value is -2.89. The lowest BCUT2D eigenvalue weighted by atomic mass is 10.0. The second kappa shape index (κ2) is 8.46. The molecule has 0 fully saturated rings. The molecule has 4 nitrogen and oxygen atoms in total. The van der Waals surface area contributed by atoms with E-state index in [1.54, 1.807) is 18.2 Å². The number of amides is 1. The van der Waals surface area contributed by atoms with Crippen LogP contribution in [0.25, 0.3) is 22.4 Å². The molecule has 0 saturated carbocycles. The predicted octanol–water partition coefficient (Wildman–Crippen LogP) is 6.56. The zero-order valence-corrected chi connectivity index (χ0v) is 17.6. The largest absolute Gasteiger partial charge is 0.345 e. The summed E-state index contributed by atoms with van der Waals surface area (Å²) in [5.41, 5.74) is 2.54. The van der Waals surface area contributed by atoms with Gasteiger partial charge in [-0.25, -0.2) is 9.37 Å². The van der Waals surface area contributed by atoms with Crippen molar-refractivity contribution in [1.82, 2.24) is 15.3 Å². The second-order valence-corrected chi connectivity index (χ2v) is 7.70. The fourth-order valence-electron chi connectivity index (χ4n) is 3.40. The fourth-order valence-corrected chi connectivity index (χ4v) is 3.91. The summed E-state index contributed by atoms with van der Waals surface area (Å²) in [7, 11) is 0. The van der Waals surface area contributed by atoms with E-state index < -0.39 is 5.82 Å². The maximum absolute atomic E-state index is 14.3. The van der Waals surface area contributed by atoms with Crippen LogP contribution >= 0.6 is 23.2 Å². The zero-order chi connectivity index (χ0) is 21.3. The van der Waals surface area contributed by atoms with Gasteiger partial charge in [0.05, 0.1) is 27.2 Å². The Morgan fingerprint density at radius 3 is 2.57 bits per heavy atom. The number of benzene rings is 3. The molecule has 0 aliphatic rings. The Morgan fingerprint density at radius 1 is 1.10 bits per heavy atom. The van der Waals surface area contributed by atoms with E-state index in [0.29, 0.717) is 21.6 Å². The summed E-state index contributed by atoms with van der Waals surface area (Å²) in [5.74, 6) is -0.498. The number of imidazole rings is 1. The highest BCUT2D eigenvalue weighted by molar-refractivity contribution is 6.35. The van der Waals surface area contributed by atoms with Gasteiger partial charge in [-0.1, -0.05) is 66.5 Å². The molecule has 3 aromatic carbocycles. The molecule has 4 rings (SSSR count). The first-order chi connectivity index (χ1) is 14.5.